The summed E-state index contributed by atoms with van der Waals surface area (Å²) in [4.78, 5) is 31.8. The highest BCUT2D eigenvalue weighted by Gasteiger charge is 2.32. The number of methoxy groups -OCH3 is 1. The van der Waals surface area contributed by atoms with E-state index in [1.807, 2.05) is 49.1 Å². The van der Waals surface area contributed by atoms with Gasteiger partial charge in [-0.1, -0.05) is 50.2 Å². The number of rotatable bonds is 17. The number of aryl methyl sites for hydroxylation is 2. The van der Waals surface area contributed by atoms with Crippen LogP contribution in [-0.2, 0) is 33.6 Å². The lowest BCUT2D eigenvalue weighted by Gasteiger charge is -2.28. The van der Waals surface area contributed by atoms with Crippen LogP contribution in [0, 0.1) is 5.41 Å². The number of carboxylic acids is 1. The molecule has 40 heavy (non-hydrogen) atoms. The summed E-state index contributed by atoms with van der Waals surface area (Å²) in [5, 5.41) is 15.9. The quantitative estimate of drug-likeness (QED) is 0.250. The largest absolute Gasteiger partial charge is 0.480 e. The number of aromatic nitrogens is 1. The van der Waals surface area contributed by atoms with Crippen molar-refractivity contribution in [2.45, 2.75) is 71.0 Å². The molecular weight excluding hydrogens is 511 g/mol. The second-order valence-electron chi connectivity index (χ2n) is 11.4. The third-order valence-corrected chi connectivity index (χ3v) is 7.35. The summed E-state index contributed by atoms with van der Waals surface area (Å²) < 4.78 is 19.4. The van der Waals surface area contributed by atoms with Crippen LogP contribution in [0.3, 0.4) is 0 Å². The molecule has 0 bridgehead atoms. The number of carbonyl (C=O) groups excluding carboxylic acids is 1. The molecule has 0 saturated carbocycles. The number of aliphatic carboxylic acids is 1. The maximum absolute atomic E-state index is 14.5. The standard InChI is InChI=1S/C31H45FN4O4/c1-31(2,20-23-10-5-4-6-11-23)30(39)35-27(29(37)38)16-19-36(21-25(32)22-40-3)18-8-7-13-26-15-14-24-12-9-17-33-28(24)34-26/h4-6,10-11,14-15,25,27H,7-9,12-13,16-22H2,1-3H3,(H,33,34)(H,35,39)(H,37,38)/t25-,27-/m0/s1. The minimum Gasteiger partial charge on any atom is -0.480 e. The van der Waals surface area contributed by atoms with E-state index in [4.69, 9.17) is 9.72 Å². The summed E-state index contributed by atoms with van der Waals surface area (Å²) in [6.07, 6.45) is 4.20. The van der Waals surface area contributed by atoms with Gasteiger partial charge in [0.1, 0.15) is 18.0 Å². The van der Waals surface area contributed by atoms with E-state index in [1.165, 1.54) is 12.7 Å². The summed E-state index contributed by atoms with van der Waals surface area (Å²) in [7, 11) is 1.46. The molecule has 1 aliphatic heterocycles. The number of pyridine rings is 1. The van der Waals surface area contributed by atoms with Crippen molar-refractivity contribution in [2.75, 3.05) is 45.2 Å². The number of ether oxygens (including phenoxy) is 1. The van der Waals surface area contributed by atoms with E-state index in [0.29, 0.717) is 19.5 Å². The van der Waals surface area contributed by atoms with Gasteiger partial charge < -0.3 is 25.4 Å². The van der Waals surface area contributed by atoms with Crippen molar-refractivity contribution in [3.05, 3.63) is 59.3 Å². The number of carboxylic acid groups (broad SMARTS) is 1. The fraction of sp³-hybridized carbons (Fsp3) is 0.581. The van der Waals surface area contributed by atoms with Crippen LogP contribution < -0.4 is 10.6 Å². The highest BCUT2D eigenvalue weighted by atomic mass is 19.1. The van der Waals surface area contributed by atoms with E-state index in [-0.39, 0.29) is 25.5 Å². The van der Waals surface area contributed by atoms with Crippen molar-refractivity contribution in [1.29, 1.82) is 0 Å². The van der Waals surface area contributed by atoms with Gasteiger partial charge in [-0.25, -0.2) is 14.2 Å². The molecule has 8 nitrogen and oxygen atoms in total. The molecule has 1 aliphatic rings. The normalized spacial score (nSPS) is 14.7. The van der Waals surface area contributed by atoms with Crippen molar-refractivity contribution in [2.24, 2.45) is 5.41 Å². The number of unbranched alkanes of at least 4 members (excludes halogenated alkanes) is 1. The number of halogens is 1. The van der Waals surface area contributed by atoms with Gasteiger partial charge in [0.2, 0.25) is 5.91 Å². The lowest BCUT2D eigenvalue weighted by atomic mass is 9.84. The molecule has 2 aromatic rings. The molecule has 220 valence electrons. The number of alkyl halides is 1. The van der Waals surface area contributed by atoms with Gasteiger partial charge in [-0.3, -0.25) is 4.79 Å². The van der Waals surface area contributed by atoms with Gasteiger partial charge in [-0.05, 0) is 68.7 Å². The van der Waals surface area contributed by atoms with Gasteiger partial charge >= 0.3 is 5.97 Å². The number of fused-ring (bicyclic) bond motifs is 1. The van der Waals surface area contributed by atoms with Gasteiger partial charge in [0.05, 0.1) is 6.61 Å². The van der Waals surface area contributed by atoms with E-state index in [0.717, 1.165) is 55.7 Å². The van der Waals surface area contributed by atoms with Crippen LogP contribution in [0.25, 0.3) is 0 Å². The highest BCUT2D eigenvalue weighted by Crippen LogP contribution is 2.23. The lowest BCUT2D eigenvalue weighted by Crippen LogP contribution is -2.48. The number of hydrogen-bond acceptors (Lipinski definition) is 6. The van der Waals surface area contributed by atoms with Crippen molar-refractivity contribution in [3.63, 3.8) is 0 Å². The van der Waals surface area contributed by atoms with Crippen LogP contribution in [0.15, 0.2) is 42.5 Å². The second-order valence-corrected chi connectivity index (χ2v) is 11.4. The Hall–Kier alpha value is -3.04. The number of hydrogen-bond donors (Lipinski definition) is 3. The summed E-state index contributed by atoms with van der Waals surface area (Å²) >= 11 is 0. The maximum Gasteiger partial charge on any atom is 0.326 e. The molecule has 0 fully saturated rings. The minimum atomic E-state index is -1.18. The molecule has 9 heteroatoms. The number of amides is 1. The van der Waals surface area contributed by atoms with Gasteiger partial charge in [0, 0.05) is 37.9 Å². The highest BCUT2D eigenvalue weighted by molar-refractivity contribution is 5.87. The molecule has 0 unspecified atom stereocenters. The van der Waals surface area contributed by atoms with Crippen LogP contribution in [-0.4, -0.2) is 79.0 Å². The molecule has 0 radical (unpaired) electrons. The van der Waals surface area contributed by atoms with E-state index in [2.05, 4.69) is 22.8 Å². The topological polar surface area (TPSA) is 104 Å². The average molecular weight is 557 g/mol. The van der Waals surface area contributed by atoms with Gasteiger partial charge in [-0.15, -0.1) is 0 Å². The minimum absolute atomic E-state index is 0.0185. The summed E-state index contributed by atoms with van der Waals surface area (Å²) in [5.41, 5.74) is 2.53. The van der Waals surface area contributed by atoms with Crippen molar-refractivity contribution < 1.29 is 23.8 Å². The lowest BCUT2D eigenvalue weighted by molar-refractivity contribution is -0.143. The molecule has 3 N–H and O–H groups in total. The first-order chi connectivity index (χ1) is 19.2. The summed E-state index contributed by atoms with van der Waals surface area (Å²) in [5.74, 6) is -0.423. The Morgan fingerprint density at radius 3 is 2.67 bits per heavy atom. The Morgan fingerprint density at radius 1 is 1.18 bits per heavy atom. The van der Waals surface area contributed by atoms with Crippen LogP contribution in [0.5, 0.6) is 0 Å². The number of nitrogens with zero attached hydrogens (tertiary/aromatic N) is 2. The Labute approximate surface area is 237 Å². The first kappa shape index (κ1) is 31.5. The Kier molecular flexibility index (Phi) is 12.3. The van der Waals surface area contributed by atoms with Crippen LogP contribution in [0.2, 0.25) is 0 Å². The third kappa shape index (κ3) is 10.2. The Balaban J connectivity index is 1.53. The van der Waals surface area contributed by atoms with E-state index in [1.54, 1.807) is 0 Å². The molecule has 2 heterocycles. The molecule has 0 saturated heterocycles. The van der Waals surface area contributed by atoms with Crippen molar-refractivity contribution >= 4 is 17.7 Å². The SMILES string of the molecule is COC[C@@H](F)CN(CCCCc1ccc2c(n1)NCCC2)CC[C@H](NC(=O)C(C)(C)Cc1ccccc1)C(=O)O. The van der Waals surface area contributed by atoms with Crippen LogP contribution in [0.1, 0.15) is 56.4 Å². The first-order valence-corrected chi connectivity index (χ1v) is 14.3. The first-order valence-electron chi connectivity index (χ1n) is 14.3. The average Bonchev–Trinajstić information content (AvgIpc) is 2.93. The predicted octanol–water partition coefficient (Wildman–Crippen LogP) is 4.28. The van der Waals surface area contributed by atoms with Gasteiger partial charge in [-0.2, -0.15) is 0 Å². The van der Waals surface area contributed by atoms with Crippen molar-refractivity contribution in [3.8, 4) is 0 Å². The Morgan fingerprint density at radius 2 is 1.95 bits per heavy atom. The Bertz CT molecular complexity index is 1080. The molecule has 1 aromatic heterocycles. The summed E-state index contributed by atoms with van der Waals surface area (Å²) in [6, 6.07) is 12.8. The molecule has 0 spiro atoms. The number of nitrogens with one attached hydrogen (secondary N) is 2. The van der Waals surface area contributed by atoms with E-state index in [9.17, 15) is 19.1 Å². The maximum atomic E-state index is 14.5. The fourth-order valence-electron chi connectivity index (χ4n) is 5.07. The second kappa shape index (κ2) is 15.7. The summed E-state index contributed by atoms with van der Waals surface area (Å²) in [6.45, 7) is 5.67. The van der Waals surface area contributed by atoms with Crippen LogP contribution >= 0.6 is 0 Å². The third-order valence-electron chi connectivity index (χ3n) is 7.35. The zero-order valence-electron chi connectivity index (χ0n) is 24.1. The van der Waals surface area contributed by atoms with Crippen molar-refractivity contribution in [1.82, 2.24) is 15.2 Å². The molecule has 0 aliphatic carbocycles. The zero-order chi connectivity index (χ0) is 29.0. The smallest absolute Gasteiger partial charge is 0.326 e. The van der Waals surface area contributed by atoms with Gasteiger partial charge in [0.15, 0.2) is 0 Å². The number of benzene rings is 1. The number of carbonyl (C=O) groups is 2. The molecule has 3 rings (SSSR count). The molecule has 1 amide bonds. The zero-order valence-corrected chi connectivity index (χ0v) is 24.1. The predicted molar refractivity (Wildman–Crippen MR) is 155 cm³/mol. The molecule has 1 aromatic carbocycles. The molecular formula is C31H45FN4O4. The fourth-order valence-corrected chi connectivity index (χ4v) is 5.07. The van der Waals surface area contributed by atoms with Crippen LogP contribution in [0.4, 0.5) is 10.2 Å². The van der Waals surface area contributed by atoms with Gasteiger partial charge in [0.25, 0.3) is 0 Å². The number of anilines is 1. The molecule has 2 atom stereocenters. The van der Waals surface area contributed by atoms with E-state index < -0.39 is 23.6 Å². The monoisotopic (exact) mass is 556 g/mol. The van der Waals surface area contributed by atoms with E-state index >= 15 is 0 Å².